The van der Waals surface area contributed by atoms with Gasteiger partial charge in [-0.25, -0.2) is 4.39 Å². The third kappa shape index (κ3) is 4.58. The number of hydrogen-bond donors (Lipinski definition) is 0. The van der Waals surface area contributed by atoms with Gasteiger partial charge in [0.15, 0.2) is 6.17 Å². The molecule has 0 bridgehead atoms. The number of aromatic nitrogens is 1. The Morgan fingerprint density at radius 2 is 1.63 bits per heavy atom. The summed E-state index contributed by atoms with van der Waals surface area (Å²) < 4.78 is 14.9. The van der Waals surface area contributed by atoms with E-state index in [1.807, 2.05) is 36.5 Å². The largest absolute Gasteiger partial charge is 0.260 e. The van der Waals surface area contributed by atoms with Gasteiger partial charge in [-0.3, -0.25) is 4.98 Å². The Morgan fingerprint density at radius 1 is 0.967 bits per heavy atom. The Balaban J connectivity index is 1.78. The van der Waals surface area contributed by atoms with Gasteiger partial charge in [0.25, 0.3) is 0 Å². The Kier molecular flexibility index (Phi) is 6.95. The first-order valence-electron chi connectivity index (χ1n) is 10.3. The Labute approximate surface area is 185 Å². The van der Waals surface area contributed by atoms with Gasteiger partial charge in [-0.05, 0) is 39.2 Å². The van der Waals surface area contributed by atoms with Crippen LogP contribution in [-0.2, 0) is 6.42 Å². The van der Waals surface area contributed by atoms with Crippen LogP contribution in [0.5, 0.6) is 0 Å². The van der Waals surface area contributed by atoms with Crippen molar-refractivity contribution in [3.8, 4) is 11.8 Å². The minimum Gasteiger partial charge on any atom is -0.260 e. The van der Waals surface area contributed by atoms with E-state index in [-0.39, 0.29) is 10.1 Å². The molecular formula is C26H28FNSi2. The zero-order chi connectivity index (χ0) is 21.8. The number of nitrogens with zero attached hydrogens (tertiary/aromatic N) is 1. The molecule has 2 aromatic carbocycles. The fraction of sp³-hybridized carbons (Fsp3) is 0.346. The maximum Gasteiger partial charge on any atom is 0.161 e. The quantitative estimate of drug-likeness (QED) is 0.348. The summed E-state index contributed by atoms with van der Waals surface area (Å²) in [6.45, 7) is 10.6. The van der Waals surface area contributed by atoms with Crippen molar-refractivity contribution >= 4 is 29.8 Å². The summed E-state index contributed by atoms with van der Waals surface area (Å²) in [5.74, 6) is 6.01. The van der Waals surface area contributed by atoms with Crippen LogP contribution in [0.4, 0.5) is 4.39 Å². The lowest BCUT2D eigenvalue weighted by Gasteiger charge is -2.44. The molecule has 3 aromatic rings. The lowest BCUT2D eigenvalue weighted by Crippen LogP contribution is -2.44. The first kappa shape index (κ1) is 22.5. The van der Waals surface area contributed by atoms with Crippen LogP contribution >= 0.6 is 0 Å². The summed E-state index contributed by atoms with van der Waals surface area (Å²) in [5.41, 5.74) is 2.99. The van der Waals surface area contributed by atoms with E-state index in [0.29, 0.717) is 19.0 Å². The molecule has 0 amide bonds. The van der Waals surface area contributed by atoms with Gasteiger partial charge in [-0.1, -0.05) is 82.1 Å². The minimum absolute atomic E-state index is 0.114. The molecule has 0 N–H and O–H groups in total. The van der Waals surface area contributed by atoms with E-state index in [1.54, 1.807) is 0 Å². The van der Waals surface area contributed by atoms with Gasteiger partial charge in [0.2, 0.25) is 0 Å². The predicted molar refractivity (Wildman–Crippen MR) is 128 cm³/mol. The van der Waals surface area contributed by atoms with Gasteiger partial charge in [0.1, 0.15) is 0 Å². The van der Waals surface area contributed by atoms with Crippen molar-refractivity contribution in [2.45, 2.75) is 51.1 Å². The molecule has 0 fully saturated rings. The third-order valence-corrected chi connectivity index (χ3v) is 10.9. The molecule has 4 radical (unpaired) electrons. The molecule has 0 aliphatic heterocycles. The lowest BCUT2D eigenvalue weighted by molar-refractivity contribution is 0.234. The molecule has 0 aliphatic carbocycles. The maximum atomic E-state index is 15.3. The summed E-state index contributed by atoms with van der Waals surface area (Å²) in [6.07, 6.45) is 1.51. The van der Waals surface area contributed by atoms with E-state index >= 15 is 4.39 Å². The third-order valence-electron chi connectivity index (χ3n) is 5.78. The zero-order valence-corrected chi connectivity index (χ0v) is 20.4. The highest BCUT2D eigenvalue weighted by atomic mass is 28.3. The monoisotopic (exact) mass is 429 g/mol. The molecule has 1 aromatic heterocycles. The van der Waals surface area contributed by atoms with E-state index in [0.717, 1.165) is 17.7 Å². The molecule has 0 saturated carbocycles. The second kappa shape index (κ2) is 9.28. The average Bonchev–Trinajstić information content (AvgIpc) is 2.74. The molecule has 1 unspecified atom stereocenters. The van der Waals surface area contributed by atoms with E-state index in [1.165, 1.54) is 16.3 Å². The van der Waals surface area contributed by atoms with Crippen molar-refractivity contribution in [3.05, 3.63) is 77.6 Å². The summed E-state index contributed by atoms with van der Waals surface area (Å²) in [4.78, 5) is 4.58. The van der Waals surface area contributed by atoms with Crippen LogP contribution in [0.25, 0.3) is 10.8 Å². The van der Waals surface area contributed by atoms with Crippen LogP contribution in [0, 0.1) is 17.3 Å². The van der Waals surface area contributed by atoms with Crippen molar-refractivity contribution in [1.82, 2.24) is 4.98 Å². The molecule has 0 aliphatic rings. The van der Waals surface area contributed by atoms with Crippen LogP contribution < -0.4 is 0 Å². The van der Waals surface area contributed by atoms with Gasteiger partial charge in [-0.15, -0.1) is 0 Å². The molecule has 4 heteroatoms. The average molecular weight is 430 g/mol. The fourth-order valence-electron chi connectivity index (χ4n) is 3.99. The smallest absolute Gasteiger partial charge is 0.161 e. The molecule has 3 rings (SSSR count). The topological polar surface area (TPSA) is 12.9 Å². The minimum atomic E-state index is -1.12. The fourth-order valence-corrected chi connectivity index (χ4v) is 7.14. The van der Waals surface area contributed by atoms with Gasteiger partial charge < -0.3 is 0 Å². The number of fused-ring (bicyclic) bond motifs is 1. The first-order valence-corrected chi connectivity index (χ1v) is 13.3. The molecule has 30 heavy (non-hydrogen) atoms. The maximum absolute atomic E-state index is 15.3. The van der Waals surface area contributed by atoms with Gasteiger partial charge >= 0.3 is 0 Å². The van der Waals surface area contributed by atoms with Crippen LogP contribution in [0.15, 0.2) is 60.8 Å². The van der Waals surface area contributed by atoms with Crippen LogP contribution in [-0.4, -0.2) is 30.2 Å². The number of hydrogen-bond acceptors (Lipinski definition) is 1. The van der Waals surface area contributed by atoms with Crippen LogP contribution in [0.3, 0.4) is 0 Å². The van der Waals surface area contributed by atoms with Crippen molar-refractivity contribution in [2.75, 3.05) is 0 Å². The highest BCUT2D eigenvalue weighted by Crippen LogP contribution is 2.48. The predicted octanol–water partition coefficient (Wildman–Crippen LogP) is 6.18. The lowest BCUT2D eigenvalue weighted by atomic mass is 9.87. The highest BCUT2D eigenvalue weighted by molar-refractivity contribution is 6.61. The Morgan fingerprint density at radius 3 is 2.27 bits per heavy atom. The Bertz CT molecular complexity index is 1050. The number of benzene rings is 2. The van der Waals surface area contributed by atoms with E-state index in [2.05, 4.69) is 75.0 Å². The van der Waals surface area contributed by atoms with Gasteiger partial charge in [0.05, 0.1) is 5.69 Å². The molecule has 0 saturated heterocycles. The summed E-state index contributed by atoms with van der Waals surface area (Å²) in [5, 5.41) is 2.39. The van der Waals surface area contributed by atoms with Crippen LogP contribution in [0.2, 0.25) is 17.8 Å². The number of pyridine rings is 1. The first-order chi connectivity index (χ1) is 14.3. The molecule has 1 atom stereocenters. The number of rotatable bonds is 5. The van der Waals surface area contributed by atoms with Crippen molar-refractivity contribution in [2.24, 2.45) is 5.41 Å². The summed E-state index contributed by atoms with van der Waals surface area (Å²) in [7, 11) is 1.04. The van der Waals surface area contributed by atoms with Gasteiger partial charge in [-0.2, -0.15) is 0 Å². The molecular weight excluding hydrogens is 401 g/mol. The summed E-state index contributed by atoms with van der Waals surface area (Å²) >= 11 is 0. The zero-order valence-electron chi connectivity index (χ0n) is 18.4. The van der Waals surface area contributed by atoms with Crippen molar-refractivity contribution in [3.63, 3.8) is 0 Å². The van der Waals surface area contributed by atoms with Crippen molar-refractivity contribution < 1.29 is 4.39 Å². The number of alkyl halides is 1. The molecule has 0 spiro atoms. The molecule has 1 heterocycles. The van der Waals surface area contributed by atoms with Gasteiger partial charge in [0, 0.05) is 42.6 Å². The SMILES string of the molecule is C[Si]C([Si]C)(C(F)C#Cc1ccc(Cc2nccc3ccccc23)cc1)C(C)(C)C. The molecule has 152 valence electrons. The second-order valence-electron chi connectivity index (χ2n) is 8.54. The molecule has 1 nitrogen and oxygen atoms in total. The standard InChI is InChI=1S/C26H28FNSi2/c1-25(2,3)26(29-4,30-5)24(27)15-14-19-10-12-20(13-11-19)18-23-22-9-7-6-8-21(22)16-17-28-23/h6-13,16-17,24H,18H2,1-5H3. The normalized spacial score (nSPS) is 13.0. The van der Waals surface area contributed by atoms with Crippen molar-refractivity contribution in [1.29, 1.82) is 0 Å². The summed E-state index contributed by atoms with van der Waals surface area (Å²) in [6, 6.07) is 18.5. The van der Waals surface area contributed by atoms with E-state index < -0.39 is 6.17 Å². The Hall–Kier alpha value is -2.23. The van der Waals surface area contributed by atoms with E-state index in [9.17, 15) is 0 Å². The van der Waals surface area contributed by atoms with Crippen LogP contribution in [0.1, 0.15) is 37.6 Å². The number of halogens is 1. The second-order valence-corrected chi connectivity index (χ2v) is 11.6. The van der Waals surface area contributed by atoms with E-state index in [4.69, 9.17) is 0 Å². The highest BCUT2D eigenvalue weighted by Gasteiger charge is 2.45.